The number of furan rings is 1. The summed E-state index contributed by atoms with van der Waals surface area (Å²) in [6, 6.07) is 53.8. The van der Waals surface area contributed by atoms with Gasteiger partial charge in [-0.05, 0) is 58.3 Å². The van der Waals surface area contributed by atoms with Gasteiger partial charge in [-0.25, -0.2) is 9.97 Å². The quantitative estimate of drug-likeness (QED) is 0.176. The van der Waals surface area contributed by atoms with E-state index in [0.717, 1.165) is 66.3 Å². The highest BCUT2D eigenvalue weighted by molar-refractivity contribution is 7.26. The Balaban J connectivity index is 1.32. The molecule has 0 saturated carbocycles. The van der Waals surface area contributed by atoms with E-state index in [-0.39, 0.29) is 0 Å². The Morgan fingerprint density at radius 2 is 1.18 bits per heavy atom. The average Bonchev–Trinajstić information content (AvgIpc) is 3.87. The van der Waals surface area contributed by atoms with Crippen molar-refractivity contribution in [2.45, 2.75) is 0 Å². The van der Waals surface area contributed by atoms with Gasteiger partial charge in [-0.15, -0.1) is 11.3 Å². The van der Waals surface area contributed by atoms with Gasteiger partial charge in [0, 0.05) is 48.0 Å². The number of benzene rings is 8. The van der Waals surface area contributed by atoms with Crippen LogP contribution in [0.5, 0.6) is 0 Å². The van der Waals surface area contributed by atoms with Gasteiger partial charge in [-0.2, -0.15) is 0 Å². The van der Waals surface area contributed by atoms with E-state index < -0.39 is 0 Å². The van der Waals surface area contributed by atoms with Crippen molar-refractivity contribution in [3.63, 3.8) is 0 Å². The molecule has 0 amide bonds. The molecule has 4 nitrogen and oxygen atoms in total. The number of para-hydroxylation sites is 1. The fourth-order valence-electron chi connectivity index (χ4n) is 8.28. The standard InChI is InChI=1S/C46H25N3OS/c1-3-11-26(12-4-1)28-21-22-33-36(25-28)47-46(48-41(33)27-13-5-2-6-14-27)49-42-39-29(23-34-31-15-7-9-17-37(31)50-44(34)42)19-20-30-24-35-32-16-8-10-18-38(32)51-45(35)43(49)40(30)39/h1-25H. The van der Waals surface area contributed by atoms with Crippen LogP contribution in [-0.2, 0) is 0 Å². The summed E-state index contributed by atoms with van der Waals surface area (Å²) >= 11 is 1.84. The Kier molecular flexibility index (Phi) is 5.35. The lowest BCUT2D eigenvalue weighted by Gasteiger charge is -2.13. The van der Waals surface area contributed by atoms with Crippen LogP contribution in [0.25, 0.3) is 114 Å². The third-order valence-electron chi connectivity index (χ3n) is 10.5. The molecule has 12 aromatic rings. The van der Waals surface area contributed by atoms with E-state index in [1.54, 1.807) is 0 Å². The summed E-state index contributed by atoms with van der Waals surface area (Å²) < 4.78 is 11.6. The van der Waals surface area contributed by atoms with Gasteiger partial charge >= 0.3 is 0 Å². The fraction of sp³-hybridized carbons (Fsp3) is 0. The van der Waals surface area contributed by atoms with Gasteiger partial charge in [-0.3, -0.25) is 4.57 Å². The number of hydrogen-bond donors (Lipinski definition) is 0. The zero-order chi connectivity index (χ0) is 33.2. The van der Waals surface area contributed by atoms with Crippen LogP contribution in [0.15, 0.2) is 156 Å². The first-order valence-corrected chi connectivity index (χ1v) is 18.0. The van der Waals surface area contributed by atoms with Gasteiger partial charge in [0.25, 0.3) is 0 Å². The van der Waals surface area contributed by atoms with Crippen LogP contribution >= 0.6 is 11.3 Å². The van der Waals surface area contributed by atoms with Crippen molar-refractivity contribution < 1.29 is 4.42 Å². The molecule has 0 aliphatic rings. The Labute approximate surface area is 294 Å². The van der Waals surface area contributed by atoms with E-state index in [9.17, 15) is 0 Å². The number of hydrogen-bond acceptors (Lipinski definition) is 4. The van der Waals surface area contributed by atoms with Gasteiger partial charge < -0.3 is 4.42 Å². The summed E-state index contributed by atoms with van der Waals surface area (Å²) in [6.07, 6.45) is 0. The second-order valence-electron chi connectivity index (χ2n) is 13.3. The van der Waals surface area contributed by atoms with Crippen molar-refractivity contribution in [3.8, 4) is 28.3 Å². The van der Waals surface area contributed by atoms with Gasteiger partial charge in [0.15, 0.2) is 5.58 Å². The maximum absolute atomic E-state index is 6.83. The topological polar surface area (TPSA) is 43.9 Å². The van der Waals surface area contributed by atoms with Crippen molar-refractivity contribution in [1.82, 2.24) is 14.5 Å². The Morgan fingerprint density at radius 1 is 0.490 bits per heavy atom. The molecule has 5 heteroatoms. The minimum Gasteiger partial charge on any atom is -0.454 e. The largest absolute Gasteiger partial charge is 0.454 e. The summed E-state index contributed by atoms with van der Waals surface area (Å²) in [5, 5.41) is 10.5. The number of nitrogens with zero attached hydrogens (tertiary/aromatic N) is 3. The summed E-state index contributed by atoms with van der Waals surface area (Å²) in [5.41, 5.74) is 8.96. The average molecular weight is 668 g/mol. The van der Waals surface area contributed by atoms with Crippen molar-refractivity contribution in [3.05, 3.63) is 152 Å². The first kappa shape index (κ1) is 27.3. The number of thiophene rings is 1. The van der Waals surface area contributed by atoms with Crippen LogP contribution < -0.4 is 0 Å². The van der Waals surface area contributed by atoms with Crippen LogP contribution in [-0.4, -0.2) is 14.5 Å². The molecule has 0 aliphatic carbocycles. The van der Waals surface area contributed by atoms with E-state index in [1.165, 1.54) is 41.7 Å². The fourth-order valence-corrected chi connectivity index (χ4v) is 9.50. The van der Waals surface area contributed by atoms with Crippen LogP contribution in [0.4, 0.5) is 0 Å². The SMILES string of the molecule is c1ccc(-c2ccc3c(-c4ccccc4)nc(-n4c5c6oc7ccccc7c6cc6ccc7cc8c9ccccc9sc8c4c7c65)nc3c2)cc1. The van der Waals surface area contributed by atoms with Crippen LogP contribution in [0.3, 0.4) is 0 Å². The molecule has 8 aromatic carbocycles. The minimum atomic E-state index is 0.628. The lowest BCUT2D eigenvalue weighted by atomic mass is 9.98. The number of aromatic nitrogens is 3. The maximum atomic E-state index is 6.83. The van der Waals surface area contributed by atoms with E-state index in [1.807, 2.05) is 17.4 Å². The van der Waals surface area contributed by atoms with Crippen molar-refractivity contribution in [1.29, 1.82) is 0 Å². The molecule has 236 valence electrons. The molecule has 0 N–H and O–H groups in total. The third kappa shape index (κ3) is 3.73. The van der Waals surface area contributed by atoms with Gasteiger partial charge in [0.1, 0.15) is 11.1 Å². The predicted molar refractivity (Wildman–Crippen MR) is 214 cm³/mol. The summed E-state index contributed by atoms with van der Waals surface area (Å²) in [6.45, 7) is 0. The molecule has 0 atom stereocenters. The van der Waals surface area contributed by atoms with Crippen molar-refractivity contribution in [2.24, 2.45) is 0 Å². The minimum absolute atomic E-state index is 0.628. The van der Waals surface area contributed by atoms with E-state index >= 15 is 0 Å². The molecule has 0 unspecified atom stereocenters. The predicted octanol–water partition coefficient (Wildman–Crippen LogP) is 12.9. The van der Waals surface area contributed by atoms with Gasteiger partial charge in [0.2, 0.25) is 5.95 Å². The molecule has 0 aliphatic heterocycles. The summed E-state index contributed by atoms with van der Waals surface area (Å²) in [7, 11) is 0. The molecule has 0 spiro atoms. The normalized spacial score (nSPS) is 12.3. The van der Waals surface area contributed by atoms with Crippen LogP contribution in [0.1, 0.15) is 0 Å². The van der Waals surface area contributed by atoms with E-state index in [2.05, 4.69) is 150 Å². The van der Waals surface area contributed by atoms with E-state index in [0.29, 0.717) is 5.95 Å². The molecule has 0 saturated heterocycles. The molecule has 4 aromatic heterocycles. The molecular weight excluding hydrogens is 643 g/mol. The molecular formula is C46H25N3OS. The molecule has 51 heavy (non-hydrogen) atoms. The Bertz CT molecular complexity index is 3210. The molecule has 4 heterocycles. The zero-order valence-corrected chi connectivity index (χ0v) is 27.9. The zero-order valence-electron chi connectivity index (χ0n) is 27.1. The Morgan fingerprint density at radius 3 is 2.00 bits per heavy atom. The van der Waals surface area contributed by atoms with Crippen LogP contribution in [0.2, 0.25) is 0 Å². The van der Waals surface area contributed by atoms with Gasteiger partial charge in [-0.1, -0.05) is 115 Å². The third-order valence-corrected chi connectivity index (χ3v) is 11.7. The Hall–Kier alpha value is -6.56. The smallest absolute Gasteiger partial charge is 0.235 e. The highest BCUT2D eigenvalue weighted by Crippen LogP contribution is 2.49. The first-order valence-electron chi connectivity index (χ1n) is 17.2. The first-order chi connectivity index (χ1) is 25.3. The number of rotatable bonds is 3. The molecule has 0 radical (unpaired) electrons. The van der Waals surface area contributed by atoms with Crippen LogP contribution in [0, 0.1) is 0 Å². The number of fused-ring (bicyclic) bond motifs is 9. The van der Waals surface area contributed by atoms with Gasteiger partial charge in [0.05, 0.1) is 21.4 Å². The monoisotopic (exact) mass is 667 g/mol. The molecule has 12 rings (SSSR count). The second-order valence-corrected chi connectivity index (χ2v) is 14.4. The van der Waals surface area contributed by atoms with E-state index in [4.69, 9.17) is 14.4 Å². The maximum Gasteiger partial charge on any atom is 0.235 e. The summed E-state index contributed by atoms with van der Waals surface area (Å²) in [4.78, 5) is 11.0. The highest BCUT2D eigenvalue weighted by Gasteiger charge is 2.27. The highest BCUT2D eigenvalue weighted by atomic mass is 32.1. The summed E-state index contributed by atoms with van der Waals surface area (Å²) in [5.74, 6) is 0.628. The molecule has 0 bridgehead atoms. The van der Waals surface area contributed by atoms with Crippen molar-refractivity contribution in [2.75, 3.05) is 0 Å². The van der Waals surface area contributed by atoms with Crippen molar-refractivity contribution >= 4 is 96.9 Å². The lowest BCUT2D eigenvalue weighted by molar-refractivity contribution is 0.671. The second kappa shape index (κ2) is 10.0. The molecule has 0 fully saturated rings. The lowest BCUT2D eigenvalue weighted by Crippen LogP contribution is -2.04.